The van der Waals surface area contributed by atoms with Gasteiger partial charge in [-0.3, -0.25) is 9.80 Å². The highest BCUT2D eigenvalue weighted by Gasteiger charge is 2.78. The Morgan fingerprint density at radius 3 is 1.29 bits per heavy atom. The minimum atomic E-state index is -0.782. The second kappa shape index (κ2) is 5.77. The van der Waals surface area contributed by atoms with Gasteiger partial charge in [0.2, 0.25) is 0 Å². The summed E-state index contributed by atoms with van der Waals surface area (Å²) in [5.41, 5.74) is 15.6. The Bertz CT molecular complexity index is 1200. The summed E-state index contributed by atoms with van der Waals surface area (Å²) in [5.74, 6) is -0.0272. The number of hydrogen-bond donors (Lipinski definition) is 0. The molecule has 4 atom stereocenters. The van der Waals surface area contributed by atoms with E-state index in [-0.39, 0.29) is 5.92 Å². The van der Waals surface area contributed by atoms with Gasteiger partial charge >= 0.3 is 0 Å². The number of nitrogens with zero attached hydrogens (tertiary/aromatic N) is 5. The van der Waals surface area contributed by atoms with Crippen molar-refractivity contribution in [1.29, 1.82) is 0 Å². The van der Waals surface area contributed by atoms with Crippen LogP contribution in [0.25, 0.3) is 10.4 Å². The van der Waals surface area contributed by atoms with Gasteiger partial charge in [0.1, 0.15) is 5.54 Å². The third-order valence-electron chi connectivity index (χ3n) is 8.11. The molecule has 0 saturated carbocycles. The van der Waals surface area contributed by atoms with Crippen LogP contribution in [0.5, 0.6) is 0 Å². The number of benzene rings is 3. The van der Waals surface area contributed by atoms with E-state index in [9.17, 15) is 5.53 Å². The Hall–Kier alpha value is -3.11. The Kier molecular flexibility index (Phi) is 3.47. The van der Waals surface area contributed by atoms with Gasteiger partial charge in [0, 0.05) is 10.8 Å². The average molecular weight is 408 g/mol. The fourth-order valence-electron chi connectivity index (χ4n) is 7.43. The molecule has 0 heterocycles. The highest BCUT2D eigenvalue weighted by atomic mass is 15.3. The third-order valence-corrected chi connectivity index (χ3v) is 8.11. The van der Waals surface area contributed by atoms with Gasteiger partial charge in [0.05, 0.1) is 11.1 Å². The SMILES string of the molecule is CN(C)[C@@]12c3ccccc3C3(N=[N+]=[N-])c4ccccc4[C@@](N(C)C)(c4ccccc41)C32. The van der Waals surface area contributed by atoms with Crippen LogP contribution in [0.3, 0.4) is 0 Å². The van der Waals surface area contributed by atoms with Crippen LogP contribution < -0.4 is 0 Å². The fourth-order valence-corrected chi connectivity index (χ4v) is 7.43. The van der Waals surface area contributed by atoms with Crippen LogP contribution >= 0.6 is 0 Å². The molecule has 0 N–H and O–H groups in total. The average Bonchev–Trinajstić information content (AvgIpc) is 3.31. The molecule has 0 aliphatic heterocycles. The third kappa shape index (κ3) is 1.67. The summed E-state index contributed by atoms with van der Waals surface area (Å²) in [7, 11) is 8.64. The first-order chi connectivity index (χ1) is 15.0. The minimum Gasteiger partial charge on any atom is -0.296 e. The van der Waals surface area contributed by atoms with Crippen molar-refractivity contribution >= 4 is 0 Å². The number of hydrogen-bond acceptors (Lipinski definition) is 3. The lowest BCUT2D eigenvalue weighted by Gasteiger charge is -2.46. The molecule has 5 heteroatoms. The molecule has 0 amide bonds. The highest BCUT2D eigenvalue weighted by Crippen LogP contribution is 2.77. The first-order valence-electron chi connectivity index (χ1n) is 10.7. The minimum absolute atomic E-state index is 0.0272. The Balaban J connectivity index is 1.95. The normalized spacial score (nSPS) is 31.2. The Morgan fingerprint density at radius 2 is 0.968 bits per heavy atom. The van der Waals surface area contributed by atoms with Crippen molar-refractivity contribution in [3.8, 4) is 0 Å². The van der Waals surface area contributed by atoms with Crippen LogP contribution in [0.1, 0.15) is 33.4 Å². The van der Waals surface area contributed by atoms with Gasteiger partial charge in [-0.25, -0.2) is 0 Å². The smallest absolute Gasteiger partial charge is 0.107 e. The van der Waals surface area contributed by atoms with E-state index in [1.54, 1.807) is 0 Å². The van der Waals surface area contributed by atoms with Crippen molar-refractivity contribution in [2.75, 3.05) is 28.2 Å². The van der Waals surface area contributed by atoms with E-state index in [0.717, 1.165) is 11.1 Å². The molecule has 3 aromatic rings. The topological polar surface area (TPSA) is 55.2 Å². The molecule has 31 heavy (non-hydrogen) atoms. The van der Waals surface area contributed by atoms with E-state index in [4.69, 9.17) is 5.11 Å². The zero-order valence-electron chi connectivity index (χ0n) is 18.2. The van der Waals surface area contributed by atoms with E-state index in [0.29, 0.717) is 0 Å². The zero-order valence-corrected chi connectivity index (χ0v) is 18.2. The molecule has 6 rings (SSSR count). The van der Waals surface area contributed by atoms with Crippen molar-refractivity contribution in [2.24, 2.45) is 11.0 Å². The molecule has 3 aromatic carbocycles. The fraction of sp³-hybridized carbons (Fsp3) is 0.308. The monoisotopic (exact) mass is 407 g/mol. The molecule has 0 saturated heterocycles. The summed E-state index contributed by atoms with van der Waals surface area (Å²) in [4.78, 5) is 8.17. The van der Waals surface area contributed by atoms with Crippen LogP contribution in [0.4, 0.5) is 0 Å². The summed E-state index contributed by atoms with van der Waals surface area (Å²) < 4.78 is 0. The molecule has 3 aliphatic rings. The Morgan fingerprint density at radius 1 is 0.645 bits per heavy atom. The van der Waals surface area contributed by atoms with E-state index < -0.39 is 16.6 Å². The molecular weight excluding hydrogens is 382 g/mol. The van der Waals surface area contributed by atoms with Crippen molar-refractivity contribution in [3.05, 3.63) is 117 Å². The Labute approximate surface area is 182 Å². The quantitative estimate of drug-likeness (QED) is 0.355. The van der Waals surface area contributed by atoms with Crippen LogP contribution in [-0.4, -0.2) is 38.0 Å². The van der Waals surface area contributed by atoms with E-state index in [1.165, 1.54) is 22.3 Å². The molecule has 154 valence electrons. The molecule has 2 unspecified atom stereocenters. The number of azide groups is 1. The van der Waals surface area contributed by atoms with Gasteiger partial charge < -0.3 is 0 Å². The molecule has 0 aromatic heterocycles. The van der Waals surface area contributed by atoms with Crippen LogP contribution in [0, 0.1) is 5.92 Å². The van der Waals surface area contributed by atoms with Gasteiger partial charge in [0.25, 0.3) is 0 Å². The molecule has 0 bridgehead atoms. The van der Waals surface area contributed by atoms with E-state index >= 15 is 0 Å². The maximum atomic E-state index is 9.91. The van der Waals surface area contributed by atoms with E-state index in [2.05, 4.69) is 116 Å². The molecule has 5 nitrogen and oxygen atoms in total. The lowest BCUT2D eigenvalue weighted by atomic mass is 9.71. The second-order valence-corrected chi connectivity index (χ2v) is 9.35. The molecule has 0 spiro atoms. The maximum absolute atomic E-state index is 9.91. The van der Waals surface area contributed by atoms with Crippen molar-refractivity contribution in [3.63, 3.8) is 0 Å². The molecule has 0 fully saturated rings. The van der Waals surface area contributed by atoms with Crippen LogP contribution in [0.2, 0.25) is 0 Å². The molecular formula is C26H25N5. The highest BCUT2D eigenvalue weighted by molar-refractivity contribution is 5.73. The van der Waals surface area contributed by atoms with Crippen LogP contribution in [0.15, 0.2) is 77.9 Å². The summed E-state index contributed by atoms with van der Waals surface area (Å²) in [6.07, 6.45) is 0. The first kappa shape index (κ1) is 18.6. The summed E-state index contributed by atoms with van der Waals surface area (Å²) in [6, 6.07) is 26.0. The molecule has 3 aliphatic carbocycles. The van der Waals surface area contributed by atoms with Crippen LogP contribution in [-0.2, 0) is 16.6 Å². The predicted molar refractivity (Wildman–Crippen MR) is 122 cm³/mol. The standard InChI is InChI=1S/C26H25N5/c1-30(2)25-19-13-7-5-11-17(19)24(28-29-27)18-12-6-8-14-20(18)26(23(24)25,31(3)4)22-16-10-9-15-21(22)25/h5-16,23H,1-4H3/t23?,24?,25-,26+. The summed E-state index contributed by atoms with van der Waals surface area (Å²) in [5, 5.41) is 4.71. The second-order valence-electron chi connectivity index (χ2n) is 9.35. The summed E-state index contributed by atoms with van der Waals surface area (Å²) >= 11 is 0. The van der Waals surface area contributed by atoms with Gasteiger partial charge in [-0.2, -0.15) is 0 Å². The van der Waals surface area contributed by atoms with Gasteiger partial charge in [-0.15, -0.1) is 0 Å². The van der Waals surface area contributed by atoms with Gasteiger partial charge in [-0.1, -0.05) is 77.9 Å². The number of fused-ring (bicyclic) bond motifs is 9. The largest absolute Gasteiger partial charge is 0.296 e. The summed E-state index contributed by atoms with van der Waals surface area (Å²) in [6.45, 7) is 0. The first-order valence-corrected chi connectivity index (χ1v) is 10.7. The van der Waals surface area contributed by atoms with Gasteiger partial charge in [-0.05, 0) is 67.1 Å². The van der Waals surface area contributed by atoms with Gasteiger partial charge in [0.15, 0.2) is 0 Å². The maximum Gasteiger partial charge on any atom is 0.107 e. The van der Waals surface area contributed by atoms with E-state index in [1.807, 2.05) is 0 Å². The lowest BCUT2D eigenvalue weighted by molar-refractivity contribution is 0.0296. The van der Waals surface area contributed by atoms with Crippen molar-refractivity contribution in [2.45, 2.75) is 16.6 Å². The van der Waals surface area contributed by atoms with Crippen molar-refractivity contribution in [1.82, 2.24) is 9.80 Å². The molecule has 0 radical (unpaired) electrons. The number of rotatable bonds is 3. The lowest BCUT2D eigenvalue weighted by Crippen LogP contribution is -2.54. The zero-order chi connectivity index (χ0) is 21.6. The van der Waals surface area contributed by atoms with Crippen molar-refractivity contribution < 1.29 is 0 Å². The predicted octanol–water partition coefficient (Wildman–Crippen LogP) is 4.81.